The third kappa shape index (κ3) is 3.37. The molecule has 0 bridgehead atoms. The van der Waals surface area contributed by atoms with Crippen LogP contribution >= 0.6 is 18.3 Å². The monoisotopic (exact) mass is 192 g/mol. The van der Waals surface area contributed by atoms with Crippen molar-refractivity contribution in [3.05, 3.63) is 31.3 Å². The fraction of sp³-hybridized carbons (Fsp3) is 0. The van der Waals surface area contributed by atoms with Gasteiger partial charge in [0.15, 0.2) is 0 Å². The summed E-state index contributed by atoms with van der Waals surface area (Å²) in [5.41, 5.74) is 23.7. The van der Waals surface area contributed by atoms with Crippen LogP contribution in [0, 0.1) is 0 Å². The maximum absolute atomic E-state index is 7.89. The highest BCUT2D eigenvalue weighted by atomic mass is 35.7. The maximum Gasteiger partial charge on any atom is 0.442 e. The van der Waals surface area contributed by atoms with E-state index < -0.39 is 7.07 Å². The molecule has 0 heterocycles. The fourth-order valence-corrected chi connectivity index (χ4v) is 0.891. The Bertz CT molecular complexity index is 226. The Morgan fingerprint density at radius 2 is 1.18 bits per heavy atom. The van der Waals surface area contributed by atoms with Crippen molar-refractivity contribution in [3.8, 4) is 0 Å². The van der Waals surface area contributed by atoms with Gasteiger partial charge in [-0.1, -0.05) is 0 Å². The third-order valence-corrected chi connectivity index (χ3v) is 1.99. The summed E-state index contributed by atoms with van der Waals surface area (Å²) in [5.74, 6) is 0. The molecule has 0 rings (SSSR count). The summed E-state index contributed by atoms with van der Waals surface area (Å²) in [6, 6.07) is 0. The smallest absolute Gasteiger partial charge is 0.000248 e. The van der Waals surface area contributed by atoms with Crippen LogP contribution in [0.1, 0.15) is 0 Å². The lowest BCUT2D eigenvalue weighted by Crippen LogP contribution is -1.60. The Morgan fingerprint density at radius 1 is 0.909 bits per heavy atom. The van der Waals surface area contributed by atoms with Crippen molar-refractivity contribution in [1.29, 1.82) is 0 Å². The minimum Gasteiger partial charge on any atom is -0.000248 e. The maximum atomic E-state index is 7.89. The van der Waals surface area contributed by atoms with Crippen molar-refractivity contribution in [2.24, 2.45) is 14.7 Å². The predicted octanol–water partition coefficient (Wildman–Crippen LogP) is 3.83. The number of halogens is 1. The van der Waals surface area contributed by atoms with Gasteiger partial charge in [0, 0.05) is 14.7 Å². The van der Waals surface area contributed by atoms with Crippen LogP contribution in [0.15, 0.2) is 14.7 Å². The van der Waals surface area contributed by atoms with Crippen molar-refractivity contribution in [3.63, 3.8) is 0 Å². The van der Waals surface area contributed by atoms with Crippen LogP contribution in [0.3, 0.4) is 0 Å². The first kappa shape index (κ1) is 9.65. The zero-order valence-electron chi connectivity index (χ0n) is 4.85. The van der Waals surface area contributed by atoms with Crippen molar-refractivity contribution in [1.82, 2.24) is 0 Å². The molecular weight excluding hydrogens is 192 g/mol. The van der Waals surface area contributed by atoms with Crippen LogP contribution in [-0.2, 0) is 0 Å². The lowest BCUT2D eigenvalue weighted by molar-refractivity contribution is 1.53. The van der Waals surface area contributed by atoms with E-state index in [1.165, 1.54) is 0 Å². The molecule has 11 heavy (non-hydrogen) atoms. The molecule has 0 N–H and O–H groups in total. The van der Waals surface area contributed by atoms with Crippen LogP contribution in [0.5, 0.6) is 0 Å². The van der Waals surface area contributed by atoms with E-state index in [0.29, 0.717) is 0 Å². The second-order valence-corrected chi connectivity index (χ2v) is 3.92. The van der Waals surface area contributed by atoms with E-state index in [-0.39, 0.29) is 0 Å². The van der Waals surface area contributed by atoms with Crippen LogP contribution in [0.2, 0.25) is 0 Å². The Kier molecular flexibility index (Phi) is 3.92. The van der Waals surface area contributed by atoms with Crippen molar-refractivity contribution < 1.29 is 0 Å². The lowest BCUT2D eigenvalue weighted by atomic mass is 13.0. The molecule has 56 valence electrons. The second-order valence-electron chi connectivity index (χ2n) is 1.03. The summed E-state index contributed by atoms with van der Waals surface area (Å²) in [7, 11) is -3.37. The zero-order chi connectivity index (χ0) is 8.74. The van der Waals surface area contributed by atoms with Crippen LogP contribution in [0.25, 0.3) is 31.3 Å². The molecular formula is ClN9P+. The van der Waals surface area contributed by atoms with Gasteiger partial charge in [0.1, 0.15) is 25.9 Å². The van der Waals surface area contributed by atoms with E-state index in [0.717, 1.165) is 0 Å². The molecule has 0 amide bonds. The molecule has 9 nitrogen and oxygen atoms in total. The van der Waals surface area contributed by atoms with Crippen molar-refractivity contribution >= 4 is 18.3 Å². The molecule has 0 unspecified atom stereocenters. The van der Waals surface area contributed by atoms with Gasteiger partial charge in [0.25, 0.3) is 0 Å². The molecule has 0 radical (unpaired) electrons. The minimum absolute atomic E-state index is 2.26. The molecule has 0 aliphatic heterocycles. The molecule has 11 heteroatoms. The first-order valence-electron chi connectivity index (χ1n) is 1.97. The SMILES string of the molecule is [N-]=[N+]=N[P+](Cl)(N=[N+]=[N-])N=[N+]=[N-]. The van der Waals surface area contributed by atoms with Gasteiger partial charge in [-0.3, -0.25) is 0 Å². The summed E-state index contributed by atoms with van der Waals surface area (Å²) >= 11 is 5.29. The van der Waals surface area contributed by atoms with Gasteiger partial charge < -0.3 is 0 Å². The minimum atomic E-state index is -3.37. The normalized spacial score (nSPS) is 12.8. The van der Waals surface area contributed by atoms with Gasteiger partial charge >= 0.3 is 7.07 Å². The van der Waals surface area contributed by atoms with Gasteiger partial charge in [0.2, 0.25) is 0 Å². The van der Waals surface area contributed by atoms with Gasteiger partial charge in [-0.2, -0.15) is 0 Å². The fourth-order valence-electron chi connectivity index (χ4n) is 0.206. The molecule has 0 spiro atoms. The standard InChI is InChI=1S/ClN9P/c1-11(8-5-2,9-6-3)10-7-4/q+1. The number of azide groups is 1. The Balaban J connectivity index is 4.94. The molecule has 0 fully saturated rings. The highest BCUT2D eigenvalue weighted by molar-refractivity contribution is 7.95. The van der Waals surface area contributed by atoms with Crippen LogP contribution in [0.4, 0.5) is 0 Å². The molecule has 0 aliphatic carbocycles. The molecule has 0 saturated heterocycles. The first-order chi connectivity index (χ1) is 5.18. The van der Waals surface area contributed by atoms with E-state index in [1.54, 1.807) is 0 Å². The lowest BCUT2D eigenvalue weighted by Gasteiger charge is -1.86. The van der Waals surface area contributed by atoms with Crippen LogP contribution < -0.4 is 0 Å². The van der Waals surface area contributed by atoms with Crippen LogP contribution in [-0.4, -0.2) is 0 Å². The summed E-state index contributed by atoms with van der Waals surface area (Å²) in [5, 5.41) is 0. The predicted molar refractivity (Wildman–Crippen MR) is 40.2 cm³/mol. The Hall–Kier alpha value is -1.35. The molecule has 0 aromatic carbocycles. The van der Waals surface area contributed by atoms with Gasteiger partial charge in [-0.25, -0.2) is 0 Å². The topological polar surface area (TPSA) is 146 Å². The van der Waals surface area contributed by atoms with Crippen molar-refractivity contribution in [2.75, 3.05) is 0 Å². The Morgan fingerprint density at radius 3 is 1.36 bits per heavy atom. The number of rotatable bonds is 3. The quantitative estimate of drug-likeness (QED) is 0.277. The summed E-state index contributed by atoms with van der Waals surface area (Å²) < 4.78 is 0. The van der Waals surface area contributed by atoms with Gasteiger partial charge in [-0.05, 0) is 16.6 Å². The molecule has 0 aliphatic rings. The highest BCUT2D eigenvalue weighted by Crippen LogP contribution is 2.69. The average Bonchev–Trinajstić information content (AvgIpc) is 1.88. The van der Waals surface area contributed by atoms with E-state index in [4.69, 9.17) is 27.8 Å². The number of nitrogens with zero attached hydrogens (tertiary/aromatic N) is 9. The summed E-state index contributed by atoms with van der Waals surface area (Å²) in [6.07, 6.45) is 0. The molecule has 0 saturated carbocycles. The van der Waals surface area contributed by atoms with E-state index >= 15 is 0 Å². The third-order valence-electron chi connectivity index (χ3n) is 0.461. The summed E-state index contributed by atoms with van der Waals surface area (Å²) in [4.78, 5) is 15.3. The number of hydrogen-bond acceptors (Lipinski definition) is 3. The molecule has 0 atom stereocenters. The van der Waals surface area contributed by atoms with E-state index in [9.17, 15) is 0 Å². The van der Waals surface area contributed by atoms with E-state index in [2.05, 4.69) is 29.4 Å². The van der Waals surface area contributed by atoms with Gasteiger partial charge in [0.05, 0.1) is 0 Å². The Labute approximate surface area is 65.1 Å². The van der Waals surface area contributed by atoms with E-state index in [1.807, 2.05) is 0 Å². The molecule has 0 aromatic rings. The largest absolute Gasteiger partial charge is 0.442 e. The second kappa shape index (κ2) is 4.46. The average molecular weight is 192 g/mol. The highest BCUT2D eigenvalue weighted by Gasteiger charge is 2.37. The summed E-state index contributed by atoms with van der Waals surface area (Å²) in [6.45, 7) is 0. The first-order valence-corrected chi connectivity index (χ1v) is 4.52. The zero-order valence-corrected chi connectivity index (χ0v) is 6.50. The van der Waals surface area contributed by atoms with Gasteiger partial charge in [-0.15, -0.1) is 0 Å². The molecule has 0 aromatic heterocycles. The number of hydrogen-bond donors (Lipinski definition) is 0. The van der Waals surface area contributed by atoms with Crippen molar-refractivity contribution in [2.45, 2.75) is 0 Å².